The fourth-order valence-corrected chi connectivity index (χ4v) is 3.39. The number of aryl methyl sites for hydroxylation is 1. The first-order valence-corrected chi connectivity index (χ1v) is 8.26. The molecule has 0 amide bonds. The summed E-state index contributed by atoms with van der Waals surface area (Å²) in [4.78, 5) is 11.2. The number of nitrogens with zero attached hydrogens (tertiary/aromatic N) is 4. The molecule has 1 aliphatic heterocycles. The molecule has 0 saturated carbocycles. The van der Waals surface area contributed by atoms with Crippen molar-refractivity contribution in [3.8, 4) is 6.19 Å². The molecule has 122 valence electrons. The summed E-state index contributed by atoms with van der Waals surface area (Å²) in [6.07, 6.45) is 4.15. The summed E-state index contributed by atoms with van der Waals surface area (Å²) in [5.74, 6) is 0. The van der Waals surface area contributed by atoms with Gasteiger partial charge in [-0.2, -0.15) is 5.26 Å². The van der Waals surface area contributed by atoms with Crippen molar-refractivity contribution in [2.75, 3.05) is 4.90 Å². The highest BCUT2D eigenvalue weighted by Crippen LogP contribution is 2.35. The van der Waals surface area contributed by atoms with E-state index in [4.69, 9.17) is 4.99 Å². The minimum atomic E-state index is -0.639. The molecule has 0 saturated heterocycles. The largest absolute Gasteiger partial charge is 0.255 e. The van der Waals surface area contributed by atoms with Crippen LogP contribution < -0.4 is 4.90 Å². The monoisotopic (exact) mass is 326 g/mol. The van der Waals surface area contributed by atoms with Gasteiger partial charge in [0.1, 0.15) is 5.66 Å². The van der Waals surface area contributed by atoms with Gasteiger partial charge < -0.3 is 0 Å². The molecule has 0 aliphatic carbocycles. The zero-order valence-corrected chi connectivity index (χ0v) is 14.5. The van der Waals surface area contributed by atoms with E-state index in [0.29, 0.717) is 0 Å². The molecule has 0 bridgehead atoms. The third kappa shape index (κ3) is 2.36. The number of nitriles is 1. The zero-order chi connectivity index (χ0) is 17.6. The maximum absolute atomic E-state index is 9.60. The van der Waals surface area contributed by atoms with Crippen LogP contribution >= 0.6 is 0 Å². The predicted octanol–water partition coefficient (Wildman–Crippen LogP) is 4.42. The number of anilines is 1. The summed E-state index contributed by atoms with van der Waals surface area (Å²) < 4.78 is 0. The Kier molecular flexibility index (Phi) is 3.33. The van der Waals surface area contributed by atoms with Crippen LogP contribution in [0.3, 0.4) is 0 Å². The number of aromatic nitrogens is 1. The van der Waals surface area contributed by atoms with E-state index in [2.05, 4.69) is 36.3 Å². The minimum Gasteiger partial charge on any atom is -0.255 e. The lowest BCUT2D eigenvalue weighted by Crippen LogP contribution is -2.43. The van der Waals surface area contributed by atoms with E-state index in [-0.39, 0.29) is 0 Å². The number of benzene rings is 2. The Morgan fingerprint density at radius 3 is 2.68 bits per heavy atom. The second kappa shape index (κ2) is 5.42. The number of hydrogen-bond donors (Lipinski definition) is 0. The lowest BCUT2D eigenvalue weighted by molar-refractivity contribution is 0.529. The third-order valence-electron chi connectivity index (χ3n) is 4.62. The number of aliphatic imine (C=N–C) groups is 1. The smallest absolute Gasteiger partial charge is 0.186 e. The van der Waals surface area contributed by atoms with Crippen LogP contribution in [0.1, 0.15) is 30.5 Å². The van der Waals surface area contributed by atoms with E-state index in [0.717, 1.165) is 39.0 Å². The van der Waals surface area contributed by atoms with Crippen molar-refractivity contribution in [1.82, 2.24) is 4.98 Å². The molecule has 1 aliphatic rings. The van der Waals surface area contributed by atoms with Crippen LogP contribution in [0.5, 0.6) is 0 Å². The van der Waals surface area contributed by atoms with Crippen LogP contribution in [0, 0.1) is 18.4 Å². The van der Waals surface area contributed by atoms with E-state index in [1.54, 1.807) is 4.90 Å². The number of fused-ring (bicyclic) bond motifs is 2. The Bertz CT molecular complexity index is 1060. The van der Waals surface area contributed by atoms with Gasteiger partial charge in [0.15, 0.2) is 6.19 Å². The molecule has 4 nitrogen and oxygen atoms in total. The molecule has 0 spiro atoms. The molecule has 25 heavy (non-hydrogen) atoms. The number of para-hydroxylation sites is 2. The zero-order valence-electron chi connectivity index (χ0n) is 14.5. The second-order valence-electron chi connectivity index (χ2n) is 6.78. The lowest BCUT2D eigenvalue weighted by Gasteiger charge is -2.37. The van der Waals surface area contributed by atoms with Crippen LogP contribution in [0.2, 0.25) is 0 Å². The summed E-state index contributed by atoms with van der Waals surface area (Å²) >= 11 is 0. The van der Waals surface area contributed by atoms with Crippen molar-refractivity contribution in [1.29, 1.82) is 5.26 Å². The van der Waals surface area contributed by atoms with Crippen LogP contribution in [-0.2, 0) is 0 Å². The van der Waals surface area contributed by atoms with Gasteiger partial charge in [-0.25, -0.2) is 0 Å². The van der Waals surface area contributed by atoms with Gasteiger partial charge in [-0.05, 0) is 38.5 Å². The molecule has 3 aromatic rings. The molecule has 2 aromatic carbocycles. The average molecular weight is 326 g/mol. The Hall–Kier alpha value is -3.19. The average Bonchev–Trinajstić information content (AvgIpc) is 2.60. The van der Waals surface area contributed by atoms with Crippen molar-refractivity contribution >= 4 is 22.3 Å². The lowest BCUT2D eigenvalue weighted by atomic mass is 9.95. The van der Waals surface area contributed by atoms with Gasteiger partial charge in [-0.15, -0.1) is 0 Å². The number of hydrogen-bond acceptors (Lipinski definition) is 4. The van der Waals surface area contributed by atoms with Gasteiger partial charge in [0.05, 0.1) is 16.9 Å². The van der Waals surface area contributed by atoms with Crippen molar-refractivity contribution in [3.63, 3.8) is 0 Å². The highest BCUT2D eigenvalue weighted by Gasteiger charge is 2.34. The third-order valence-corrected chi connectivity index (χ3v) is 4.62. The summed E-state index contributed by atoms with van der Waals surface area (Å²) in [5, 5.41) is 10.7. The fraction of sp³-hybridized carbons (Fsp3) is 0.190. The predicted molar refractivity (Wildman–Crippen MR) is 101 cm³/mol. The molecule has 2 heterocycles. The van der Waals surface area contributed by atoms with E-state index in [1.807, 2.05) is 50.4 Å². The molecule has 1 aromatic heterocycles. The normalized spacial score (nSPS) is 15.4. The minimum absolute atomic E-state index is 0.639. The van der Waals surface area contributed by atoms with Crippen molar-refractivity contribution < 1.29 is 0 Å². The molecule has 0 fully saturated rings. The van der Waals surface area contributed by atoms with Crippen LogP contribution in [-0.4, -0.2) is 16.4 Å². The highest BCUT2D eigenvalue weighted by atomic mass is 15.3. The summed E-state index contributed by atoms with van der Waals surface area (Å²) in [6, 6.07) is 16.2. The van der Waals surface area contributed by atoms with Crippen LogP contribution in [0.25, 0.3) is 10.9 Å². The van der Waals surface area contributed by atoms with E-state index < -0.39 is 5.66 Å². The van der Waals surface area contributed by atoms with Gasteiger partial charge >= 0.3 is 0 Å². The summed E-state index contributed by atoms with van der Waals surface area (Å²) in [6.45, 7) is 5.96. The quantitative estimate of drug-likeness (QED) is 0.622. The van der Waals surface area contributed by atoms with E-state index in [9.17, 15) is 5.26 Å². The Morgan fingerprint density at radius 2 is 1.88 bits per heavy atom. The SMILES string of the molecule is Cc1cccc2cc(C3=NC(C)(C)N(C#N)c4ccccc43)cnc12. The van der Waals surface area contributed by atoms with Crippen LogP contribution in [0.4, 0.5) is 5.69 Å². The molecule has 4 rings (SSSR count). The van der Waals surface area contributed by atoms with Gasteiger partial charge in [0.25, 0.3) is 0 Å². The van der Waals surface area contributed by atoms with E-state index in [1.165, 1.54) is 0 Å². The first kappa shape index (κ1) is 15.3. The Morgan fingerprint density at radius 1 is 1.08 bits per heavy atom. The van der Waals surface area contributed by atoms with E-state index >= 15 is 0 Å². The molecule has 0 N–H and O–H groups in total. The topological polar surface area (TPSA) is 52.3 Å². The molecule has 0 unspecified atom stereocenters. The van der Waals surface area contributed by atoms with Gasteiger partial charge in [-0.3, -0.25) is 14.9 Å². The molecule has 4 heteroatoms. The Balaban J connectivity index is 1.96. The summed E-state index contributed by atoms with van der Waals surface area (Å²) in [5.41, 5.74) is 5.21. The molecular weight excluding hydrogens is 308 g/mol. The molecule has 0 atom stereocenters. The van der Waals surface area contributed by atoms with Gasteiger partial charge in [0, 0.05) is 22.7 Å². The second-order valence-corrected chi connectivity index (χ2v) is 6.78. The van der Waals surface area contributed by atoms with Crippen molar-refractivity contribution in [2.45, 2.75) is 26.4 Å². The maximum atomic E-state index is 9.60. The van der Waals surface area contributed by atoms with Crippen molar-refractivity contribution in [2.24, 2.45) is 4.99 Å². The number of pyridine rings is 1. The standard InChI is InChI=1S/C21H18N4/c1-14-7-6-8-15-11-16(12-23-19(14)15)20-17-9-4-5-10-18(17)25(13-22)21(2,3)24-20/h4-12H,1-3H3. The van der Waals surface area contributed by atoms with Crippen LogP contribution in [0.15, 0.2) is 59.7 Å². The number of rotatable bonds is 1. The maximum Gasteiger partial charge on any atom is 0.186 e. The van der Waals surface area contributed by atoms with Crippen molar-refractivity contribution in [3.05, 3.63) is 71.4 Å². The summed E-state index contributed by atoms with van der Waals surface area (Å²) in [7, 11) is 0. The van der Waals surface area contributed by atoms with Gasteiger partial charge in [-0.1, -0.05) is 36.4 Å². The Labute approximate surface area is 147 Å². The first-order valence-electron chi connectivity index (χ1n) is 8.26. The molecule has 0 radical (unpaired) electrons. The molecular formula is C21H18N4. The highest BCUT2D eigenvalue weighted by molar-refractivity contribution is 6.18. The fourth-order valence-electron chi connectivity index (χ4n) is 3.39. The first-order chi connectivity index (χ1) is 12.0. The van der Waals surface area contributed by atoms with Gasteiger partial charge in [0.2, 0.25) is 0 Å².